The van der Waals surface area contributed by atoms with Gasteiger partial charge in [-0.05, 0) is 24.1 Å². The Labute approximate surface area is 158 Å². The number of benzene rings is 2. The number of nitrogens with one attached hydrogen (secondary N) is 1. The average molecular weight is 383 g/mol. The highest BCUT2D eigenvalue weighted by Gasteiger charge is 2.35. The second-order valence-corrected chi connectivity index (χ2v) is 9.16. The monoisotopic (exact) mass is 383 g/mol. The summed E-state index contributed by atoms with van der Waals surface area (Å²) in [6.45, 7) is 0. The highest BCUT2D eigenvalue weighted by Crippen LogP contribution is 2.35. The second-order valence-electron chi connectivity index (χ2n) is 6.93. The Balaban J connectivity index is 1.57. The summed E-state index contributed by atoms with van der Waals surface area (Å²) in [5.41, 5.74) is 2.42. The molecule has 0 saturated carbocycles. The van der Waals surface area contributed by atoms with Gasteiger partial charge in [-0.1, -0.05) is 48.5 Å². The molecule has 0 bridgehead atoms. The van der Waals surface area contributed by atoms with Crippen LogP contribution in [0.5, 0.6) is 0 Å². The van der Waals surface area contributed by atoms with E-state index in [-0.39, 0.29) is 29.5 Å². The molecule has 1 N–H and O–H groups in total. The molecule has 27 heavy (non-hydrogen) atoms. The van der Waals surface area contributed by atoms with Gasteiger partial charge in [0.2, 0.25) is 0 Å². The minimum atomic E-state index is -3.04. The van der Waals surface area contributed by atoms with Crippen LogP contribution in [0.2, 0.25) is 0 Å². The standard InChI is InChI=1S/C20H21N3O3S/c24-20(21-16-11-12-27(25,26)14-16)18-13-19(15-7-3-1-4-8-15)23(22-18)17-9-5-2-6-10-17/h1-10,16,19H,11-14H2,(H,21,24)/t16-,19+/m0/s1. The van der Waals surface area contributed by atoms with Crippen molar-refractivity contribution in [3.8, 4) is 0 Å². The first kappa shape index (κ1) is 17.7. The van der Waals surface area contributed by atoms with Gasteiger partial charge in [-0.3, -0.25) is 9.80 Å². The van der Waals surface area contributed by atoms with Crippen molar-refractivity contribution >= 4 is 27.1 Å². The molecule has 140 valence electrons. The molecule has 4 rings (SSSR count). The normalized spacial score (nSPS) is 23.9. The van der Waals surface area contributed by atoms with Crippen LogP contribution < -0.4 is 10.3 Å². The summed E-state index contributed by atoms with van der Waals surface area (Å²) in [5, 5.41) is 9.30. The summed E-state index contributed by atoms with van der Waals surface area (Å²) >= 11 is 0. The van der Waals surface area contributed by atoms with Gasteiger partial charge in [-0.25, -0.2) is 8.42 Å². The summed E-state index contributed by atoms with van der Waals surface area (Å²) in [6.07, 6.45) is 0.941. The maximum atomic E-state index is 12.7. The molecule has 2 aliphatic heterocycles. The molecule has 2 aliphatic rings. The Morgan fingerprint density at radius 2 is 1.70 bits per heavy atom. The predicted molar refractivity (Wildman–Crippen MR) is 105 cm³/mol. The minimum absolute atomic E-state index is 0.0104. The first-order valence-corrected chi connectivity index (χ1v) is 10.8. The molecule has 2 aromatic carbocycles. The number of rotatable bonds is 4. The molecule has 0 unspecified atom stereocenters. The Morgan fingerprint density at radius 3 is 2.33 bits per heavy atom. The molecule has 7 heteroatoms. The third-order valence-corrected chi connectivity index (χ3v) is 6.71. The van der Waals surface area contributed by atoms with Gasteiger partial charge in [0.05, 0.1) is 23.2 Å². The molecule has 1 amide bonds. The number of para-hydroxylation sites is 1. The maximum absolute atomic E-state index is 12.7. The van der Waals surface area contributed by atoms with Gasteiger partial charge >= 0.3 is 0 Å². The first-order chi connectivity index (χ1) is 13.0. The molecule has 2 heterocycles. The molecule has 2 aromatic rings. The summed E-state index contributed by atoms with van der Waals surface area (Å²) in [7, 11) is -3.04. The summed E-state index contributed by atoms with van der Waals surface area (Å²) < 4.78 is 23.3. The van der Waals surface area contributed by atoms with E-state index < -0.39 is 9.84 Å². The number of hydrogen-bond acceptors (Lipinski definition) is 5. The summed E-state index contributed by atoms with van der Waals surface area (Å²) in [6, 6.07) is 19.3. The van der Waals surface area contributed by atoms with E-state index in [1.54, 1.807) is 0 Å². The Morgan fingerprint density at radius 1 is 1.04 bits per heavy atom. The van der Waals surface area contributed by atoms with Crippen LogP contribution in [0.15, 0.2) is 65.8 Å². The van der Waals surface area contributed by atoms with E-state index in [2.05, 4.69) is 10.4 Å². The molecule has 0 radical (unpaired) electrons. The Hall–Kier alpha value is -2.67. The summed E-state index contributed by atoms with van der Waals surface area (Å²) in [4.78, 5) is 12.7. The zero-order chi connectivity index (χ0) is 18.9. The van der Waals surface area contributed by atoms with Gasteiger partial charge in [0, 0.05) is 12.5 Å². The lowest BCUT2D eigenvalue weighted by molar-refractivity contribution is -0.115. The zero-order valence-electron chi connectivity index (χ0n) is 14.8. The average Bonchev–Trinajstić information content (AvgIpc) is 3.27. The van der Waals surface area contributed by atoms with Gasteiger partial charge in [0.1, 0.15) is 5.71 Å². The van der Waals surface area contributed by atoms with Gasteiger partial charge in [-0.15, -0.1) is 0 Å². The number of hydrazone groups is 1. The number of amides is 1. The fraction of sp³-hybridized carbons (Fsp3) is 0.300. The molecule has 0 spiro atoms. The zero-order valence-corrected chi connectivity index (χ0v) is 15.6. The fourth-order valence-corrected chi connectivity index (χ4v) is 5.25. The van der Waals surface area contributed by atoms with Crippen molar-refractivity contribution in [2.24, 2.45) is 5.10 Å². The Bertz CT molecular complexity index is 958. The lowest BCUT2D eigenvalue weighted by Crippen LogP contribution is -2.39. The van der Waals surface area contributed by atoms with Crippen molar-refractivity contribution in [3.05, 3.63) is 66.2 Å². The molecule has 6 nitrogen and oxygen atoms in total. The number of anilines is 1. The molecular formula is C20H21N3O3S. The topological polar surface area (TPSA) is 78.8 Å². The van der Waals surface area contributed by atoms with Crippen molar-refractivity contribution in [2.75, 3.05) is 16.5 Å². The Kier molecular flexibility index (Phi) is 4.70. The lowest BCUT2D eigenvalue weighted by Gasteiger charge is -2.23. The quantitative estimate of drug-likeness (QED) is 0.879. The van der Waals surface area contributed by atoms with Crippen LogP contribution in [0.3, 0.4) is 0 Å². The lowest BCUT2D eigenvalue weighted by atomic mass is 10.0. The number of carbonyl (C=O) groups is 1. The van der Waals surface area contributed by atoms with Crippen molar-refractivity contribution in [1.82, 2.24) is 5.32 Å². The van der Waals surface area contributed by atoms with Crippen LogP contribution in [-0.4, -0.2) is 37.6 Å². The van der Waals surface area contributed by atoms with E-state index in [1.165, 1.54) is 0 Å². The molecule has 0 aliphatic carbocycles. The third kappa shape index (κ3) is 3.88. The van der Waals surface area contributed by atoms with Crippen LogP contribution in [0, 0.1) is 0 Å². The number of carbonyl (C=O) groups excluding carboxylic acids is 1. The number of nitrogens with zero attached hydrogens (tertiary/aromatic N) is 2. The maximum Gasteiger partial charge on any atom is 0.267 e. The van der Waals surface area contributed by atoms with Crippen molar-refractivity contribution in [1.29, 1.82) is 0 Å². The van der Waals surface area contributed by atoms with E-state index >= 15 is 0 Å². The molecule has 0 aromatic heterocycles. The van der Waals surface area contributed by atoms with Crippen LogP contribution in [0.25, 0.3) is 0 Å². The van der Waals surface area contributed by atoms with Gasteiger partial charge in [0.25, 0.3) is 5.91 Å². The first-order valence-electron chi connectivity index (χ1n) is 9.00. The molecular weight excluding hydrogens is 362 g/mol. The number of sulfone groups is 1. The van der Waals surface area contributed by atoms with E-state index in [9.17, 15) is 13.2 Å². The predicted octanol–water partition coefficient (Wildman–Crippen LogP) is 2.30. The van der Waals surface area contributed by atoms with Crippen LogP contribution in [-0.2, 0) is 14.6 Å². The van der Waals surface area contributed by atoms with E-state index in [4.69, 9.17) is 0 Å². The highest BCUT2D eigenvalue weighted by atomic mass is 32.2. The van der Waals surface area contributed by atoms with E-state index in [0.29, 0.717) is 18.6 Å². The van der Waals surface area contributed by atoms with E-state index in [1.807, 2.05) is 65.7 Å². The smallest absolute Gasteiger partial charge is 0.267 e. The van der Waals surface area contributed by atoms with Crippen LogP contribution in [0.4, 0.5) is 5.69 Å². The summed E-state index contributed by atoms with van der Waals surface area (Å²) in [5.74, 6) is -0.138. The number of hydrogen-bond donors (Lipinski definition) is 1. The van der Waals surface area contributed by atoms with Crippen LogP contribution >= 0.6 is 0 Å². The van der Waals surface area contributed by atoms with Gasteiger partial charge in [0.15, 0.2) is 9.84 Å². The van der Waals surface area contributed by atoms with Crippen LogP contribution in [0.1, 0.15) is 24.4 Å². The van der Waals surface area contributed by atoms with Crippen molar-refractivity contribution < 1.29 is 13.2 Å². The fourth-order valence-electron chi connectivity index (χ4n) is 3.58. The second kappa shape index (κ2) is 7.15. The molecule has 1 saturated heterocycles. The van der Waals surface area contributed by atoms with Crippen molar-refractivity contribution in [3.63, 3.8) is 0 Å². The largest absolute Gasteiger partial charge is 0.347 e. The SMILES string of the molecule is O=C(N[C@H]1CCS(=O)(=O)C1)C1=NN(c2ccccc2)[C@@H](c2ccccc2)C1. The van der Waals surface area contributed by atoms with Crippen molar-refractivity contribution in [2.45, 2.75) is 24.9 Å². The van der Waals surface area contributed by atoms with Gasteiger partial charge < -0.3 is 5.32 Å². The molecule has 1 fully saturated rings. The van der Waals surface area contributed by atoms with E-state index in [0.717, 1.165) is 11.3 Å². The molecule has 2 atom stereocenters. The van der Waals surface area contributed by atoms with Gasteiger partial charge in [-0.2, -0.15) is 5.10 Å². The highest BCUT2D eigenvalue weighted by molar-refractivity contribution is 7.91. The third-order valence-electron chi connectivity index (χ3n) is 4.95. The minimum Gasteiger partial charge on any atom is -0.347 e.